The second kappa shape index (κ2) is 10.7. The highest BCUT2D eigenvalue weighted by Gasteiger charge is 2.54. The smallest absolute Gasteiger partial charge is 0.416 e. The van der Waals surface area contributed by atoms with E-state index < -0.39 is 28.4 Å². The van der Waals surface area contributed by atoms with Gasteiger partial charge in [0.25, 0.3) is 5.91 Å². The lowest BCUT2D eigenvalue weighted by atomic mass is 9.95. The summed E-state index contributed by atoms with van der Waals surface area (Å²) >= 11 is 0.951. The zero-order valence-electron chi connectivity index (χ0n) is 20.3. The number of hydrogen-bond acceptors (Lipinski definition) is 6. The number of hydrogen-bond donors (Lipinski definition) is 0. The van der Waals surface area contributed by atoms with E-state index >= 15 is 0 Å². The Morgan fingerprint density at radius 1 is 1.06 bits per heavy atom. The van der Waals surface area contributed by atoms with Crippen molar-refractivity contribution < 1.29 is 32.2 Å². The number of rotatable bonds is 7. The summed E-state index contributed by atoms with van der Waals surface area (Å²) in [6, 6.07) is 10.4. The average molecular weight is 523 g/mol. The summed E-state index contributed by atoms with van der Waals surface area (Å²) in [6.45, 7) is 2.42. The highest BCUT2D eigenvalue weighted by atomic mass is 32.2. The summed E-state index contributed by atoms with van der Waals surface area (Å²) in [5.41, 5.74) is 0.00457. The maximum Gasteiger partial charge on any atom is 0.416 e. The van der Waals surface area contributed by atoms with Gasteiger partial charge in [-0.15, -0.1) is 0 Å². The topological polar surface area (TPSA) is 59.1 Å². The molecule has 0 spiro atoms. The van der Waals surface area contributed by atoms with Crippen LogP contribution in [0, 0.1) is 0 Å². The summed E-state index contributed by atoms with van der Waals surface area (Å²) in [5, 5.41) is 0. The van der Waals surface area contributed by atoms with Gasteiger partial charge in [-0.2, -0.15) is 13.2 Å². The van der Waals surface area contributed by atoms with E-state index in [9.17, 15) is 22.8 Å². The highest BCUT2D eigenvalue weighted by Crippen LogP contribution is 2.49. The molecule has 2 aliphatic rings. The van der Waals surface area contributed by atoms with Crippen LogP contribution in [0.4, 0.5) is 18.9 Å². The number of piperidine rings is 1. The number of halogens is 3. The first kappa shape index (κ1) is 26.3. The summed E-state index contributed by atoms with van der Waals surface area (Å²) in [6.07, 6.45) is -1.33. The fourth-order valence-corrected chi connectivity index (χ4v) is 6.13. The zero-order valence-corrected chi connectivity index (χ0v) is 21.1. The predicted octanol–water partition coefficient (Wildman–Crippen LogP) is 4.79. The van der Waals surface area contributed by atoms with Crippen molar-refractivity contribution in [3.63, 3.8) is 0 Å². The van der Waals surface area contributed by atoms with Crippen LogP contribution < -0.4 is 9.64 Å². The second-order valence-electron chi connectivity index (χ2n) is 8.99. The predicted molar refractivity (Wildman–Crippen MR) is 131 cm³/mol. The summed E-state index contributed by atoms with van der Waals surface area (Å²) in [5.74, 6) is -0.752. The molecule has 0 aromatic heterocycles. The maximum absolute atomic E-state index is 14.1. The Kier molecular flexibility index (Phi) is 7.85. The molecule has 10 heteroatoms. The molecule has 36 heavy (non-hydrogen) atoms. The van der Waals surface area contributed by atoms with Gasteiger partial charge in [0.15, 0.2) is 0 Å². The van der Waals surface area contributed by atoms with Crippen molar-refractivity contribution in [1.29, 1.82) is 0 Å². The molecule has 2 heterocycles. The van der Waals surface area contributed by atoms with E-state index in [-0.39, 0.29) is 18.7 Å². The monoisotopic (exact) mass is 522 g/mol. The number of esters is 1. The van der Waals surface area contributed by atoms with Crippen molar-refractivity contribution in [1.82, 2.24) is 4.90 Å². The molecule has 1 atom stereocenters. The molecule has 1 amide bonds. The SMILES string of the molecule is COC(=O)C1(Cc2cccc(OC)c2)Sc2ccc(C(F)(F)F)cc2N(CCN2CCCCC2)C1=O. The van der Waals surface area contributed by atoms with Crippen LogP contribution in [0.3, 0.4) is 0 Å². The van der Waals surface area contributed by atoms with Crippen molar-refractivity contribution in [2.45, 2.75) is 41.5 Å². The normalized spacial score (nSPS) is 20.7. The van der Waals surface area contributed by atoms with Crippen LogP contribution in [-0.2, 0) is 26.9 Å². The molecule has 0 saturated carbocycles. The summed E-state index contributed by atoms with van der Waals surface area (Å²) in [7, 11) is 2.73. The van der Waals surface area contributed by atoms with Crippen LogP contribution >= 0.6 is 11.8 Å². The molecule has 194 valence electrons. The van der Waals surface area contributed by atoms with E-state index in [1.165, 1.54) is 25.2 Å². The Labute approximate surface area is 212 Å². The molecule has 2 aromatic rings. The van der Waals surface area contributed by atoms with E-state index in [0.29, 0.717) is 22.8 Å². The number of nitrogens with zero attached hydrogens (tertiary/aromatic N) is 2. The number of benzene rings is 2. The highest BCUT2D eigenvalue weighted by molar-refractivity contribution is 8.02. The lowest BCUT2D eigenvalue weighted by molar-refractivity contribution is -0.147. The Bertz CT molecular complexity index is 1120. The van der Waals surface area contributed by atoms with Gasteiger partial charge in [0.1, 0.15) is 5.75 Å². The van der Waals surface area contributed by atoms with Crippen LogP contribution in [0.1, 0.15) is 30.4 Å². The van der Waals surface area contributed by atoms with Gasteiger partial charge >= 0.3 is 12.1 Å². The molecule has 4 rings (SSSR count). The standard InChI is InChI=1S/C26H29F3N2O4S/c1-34-20-8-6-7-18(15-20)17-25(24(33)35-2)23(32)31(14-13-30-11-4-3-5-12-30)21-16-19(26(27,28)29)9-10-22(21)36-25/h6-10,15-16H,3-5,11-14,17H2,1-2H3. The number of amides is 1. The van der Waals surface area contributed by atoms with E-state index in [2.05, 4.69) is 4.90 Å². The van der Waals surface area contributed by atoms with Gasteiger partial charge in [0.05, 0.1) is 25.5 Å². The number of ether oxygens (including phenoxy) is 2. The van der Waals surface area contributed by atoms with Crippen molar-refractivity contribution in [3.05, 3.63) is 53.6 Å². The summed E-state index contributed by atoms with van der Waals surface area (Å²) < 4.78 is 49.3. The third-order valence-corrected chi connectivity index (χ3v) is 8.04. The number of carbonyl (C=O) groups is 2. The minimum absolute atomic E-state index is 0.00104. The number of fused-ring (bicyclic) bond motifs is 1. The molecule has 1 saturated heterocycles. The quantitative estimate of drug-likeness (QED) is 0.385. The maximum atomic E-state index is 14.1. The van der Waals surface area contributed by atoms with Crippen LogP contribution in [0.15, 0.2) is 47.4 Å². The first-order valence-corrected chi connectivity index (χ1v) is 12.7. The van der Waals surface area contributed by atoms with Crippen molar-refractivity contribution in [2.24, 2.45) is 0 Å². The first-order valence-electron chi connectivity index (χ1n) is 11.8. The van der Waals surface area contributed by atoms with Gasteiger partial charge in [0.2, 0.25) is 4.75 Å². The summed E-state index contributed by atoms with van der Waals surface area (Å²) in [4.78, 5) is 31.3. The number of anilines is 1. The molecule has 1 unspecified atom stereocenters. The lowest BCUT2D eigenvalue weighted by Gasteiger charge is -2.41. The Hall–Kier alpha value is -2.72. The van der Waals surface area contributed by atoms with Gasteiger partial charge in [-0.25, -0.2) is 4.79 Å². The Morgan fingerprint density at radius 3 is 2.47 bits per heavy atom. The number of alkyl halides is 3. The van der Waals surface area contributed by atoms with E-state index in [1.807, 2.05) is 0 Å². The Balaban J connectivity index is 1.77. The Morgan fingerprint density at radius 2 is 1.81 bits per heavy atom. The van der Waals surface area contributed by atoms with Gasteiger partial charge in [-0.1, -0.05) is 30.3 Å². The molecular formula is C26H29F3N2O4S. The molecule has 0 bridgehead atoms. The average Bonchev–Trinajstić information content (AvgIpc) is 2.88. The van der Waals surface area contributed by atoms with Crippen LogP contribution in [0.2, 0.25) is 0 Å². The zero-order chi connectivity index (χ0) is 25.9. The fraction of sp³-hybridized carbons (Fsp3) is 0.462. The fourth-order valence-electron chi connectivity index (χ4n) is 4.74. The van der Waals surface area contributed by atoms with E-state index in [0.717, 1.165) is 56.2 Å². The van der Waals surface area contributed by atoms with Crippen LogP contribution in [0.5, 0.6) is 5.75 Å². The van der Waals surface area contributed by atoms with Gasteiger partial charge in [-0.05, 0) is 61.8 Å². The molecule has 6 nitrogen and oxygen atoms in total. The van der Waals surface area contributed by atoms with E-state index in [1.54, 1.807) is 24.3 Å². The minimum Gasteiger partial charge on any atom is -0.497 e. The molecule has 1 fully saturated rings. The molecule has 2 aromatic carbocycles. The van der Waals surface area contributed by atoms with Crippen LogP contribution in [0.25, 0.3) is 0 Å². The van der Waals surface area contributed by atoms with Crippen molar-refractivity contribution >= 4 is 29.3 Å². The number of carbonyl (C=O) groups excluding carboxylic acids is 2. The van der Waals surface area contributed by atoms with Gasteiger partial charge < -0.3 is 19.3 Å². The third-order valence-electron chi connectivity index (χ3n) is 6.64. The number of thioether (sulfide) groups is 1. The molecule has 0 radical (unpaired) electrons. The van der Waals surface area contributed by atoms with E-state index in [4.69, 9.17) is 9.47 Å². The minimum atomic E-state index is -4.56. The van der Waals surface area contributed by atoms with Gasteiger partial charge in [0, 0.05) is 24.4 Å². The molecule has 2 aliphatic heterocycles. The lowest BCUT2D eigenvalue weighted by Crippen LogP contribution is -2.57. The number of methoxy groups -OCH3 is 2. The second-order valence-corrected chi connectivity index (χ2v) is 10.3. The largest absolute Gasteiger partial charge is 0.497 e. The van der Waals surface area contributed by atoms with Crippen LogP contribution in [-0.4, -0.2) is 61.9 Å². The molecule has 0 N–H and O–H groups in total. The first-order chi connectivity index (χ1) is 17.2. The van der Waals surface area contributed by atoms with Gasteiger partial charge in [-0.3, -0.25) is 4.79 Å². The third kappa shape index (κ3) is 5.34. The van der Waals surface area contributed by atoms with Crippen molar-refractivity contribution in [2.75, 3.05) is 45.3 Å². The number of likely N-dealkylation sites (tertiary alicyclic amines) is 1. The van der Waals surface area contributed by atoms with Crippen molar-refractivity contribution in [3.8, 4) is 5.75 Å². The molecular weight excluding hydrogens is 493 g/mol. The molecule has 0 aliphatic carbocycles.